The largest absolute Gasteiger partial charge is 0.206 e. The molecule has 2 aromatic carbocycles. The minimum absolute atomic E-state index is 0.182. The molecule has 2 heteroatoms. The first-order valence-electron chi connectivity index (χ1n) is 5.95. The van der Waals surface area contributed by atoms with Gasteiger partial charge in [0, 0.05) is 16.1 Å². The Bertz CT molecular complexity index is 568. The van der Waals surface area contributed by atoms with E-state index in [1.54, 1.807) is 12.1 Å². The molecule has 0 fully saturated rings. The van der Waals surface area contributed by atoms with Gasteiger partial charge in [0.2, 0.25) is 0 Å². The van der Waals surface area contributed by atoms with Crippen LogP contribution in [0.4, 0.5) is 4.39 Å². The molecule has 18 heavy (non-hydrogen) atoms. The summed E-state index contributed by atoms with van der Waals surface area (Å²) in [6.45, 7) is 6.01. The normalized spacial score (nSPS) is 11.6. The lowest BCUT2D eigenvalue weighted by atomic mass is 9.85. The second-order valence-corrected chi connectivity index (χ2v) is 5.80. The van der Waals surface area contributed by atoms with Gasteiger partial charge in [-0.1, -0.05) is 68.8 Å². The fourth-order valence-electron chi connectivity index (χ4n) is 2.00. The highest BCUT2D eigenvalue weighted by molar-refractivity contribution is 6.33. The fraction of sp³-hybridized carbons (Fsp3) is 0.250. The van der Waals surface area contributed by atoms with Crippen LogP contribution >= 0.6 is 11.6 Å². The van der Waals surface area contributed by atoms with Crippen LogP contribution in [0.25, 0.3) is 11.1 Å². The van der Waals surface area contributed by atoms with E-state index in [9.17, 15) is 4.39 Å². The van der Waals surface area contributed by atoms with E-state index in [1.165, 1.54) is 0 Å². The Morgan fingerprint density at radius 3 is 2.11 bits per heavy atom. The van der Waals surface area contributed by atoms with Crippen LogP contribution in [-0.4, -0.2) is 0 Å². The summed E-state index contributed by atoms with van der Waals surface area (Å²) < 4.78 is 14.6. The van der Waals surface area contributed by atoms with Gasteiger partial charge in [-0.3, -0.25) is 0 Å². The van der Waals surface area contributed by atoms with Crippen LogP contribution in [0.2, 0.25) is 5.02 Å². The Morgan fingerprint density at radius 2 is 1.50 bits per heavy atom. The summed E-state index contributed by atoms with van der Waals surface area (Å²) in [5.41, 5.74) is 1.79. The third-order valence-corrected chi connectivity index (χ3v) is 3.30. The van der Waals surface area contributed by atoms with Crippen LogP contribution in [0.1, 0.15) is 26.3 Å². The van der Waals surface area contributed by atoms with Gasteiger partial charge in [0.05, 0.1) is 0 Å². The smallest absolute Gasteiger partial charge is 0.134 e. The third-order valence-electron chi connectivity index (χ3n) is 2.97. The van der Waals surface area contributed by atoms with E-state index in [0.29, 0.717) is 16.1 Å². The van der Waals surface area contributed by atoms with Crippen LogP contribution < -0.4 is 0 Å². The molecule has 2 rings (SSSR count). The Balaban J connectivity index is 2.64. The van der Waals surface area contributed by atoms with E-state index >= 15 is 0 Å². The quantitative estimate of drug-likeness (QED) is 0.642. The lowest BCUT2D eigenvalue weighted by molar-refractivity contribution is 0.525. The van der Waals surface area contributed by atoms with Gasteiger partial charge in [-0.05, 0) is 17.0 Å². The highest BCUT2D eigenvalue weighted by atomic mass is 35.5. The minimum atomic E-state index is -0.221. The Labute approximate surface area is 112 Å². The van der Waals surface area contributed by atoms with E-state index < -0.39 is 0 Å². The van der Waals surface area contributed by atoms with Crippen LogP contribution in [0.15, 0.2) is 42.5 Å². The molecule has 0 heterocycles. The van der Waals surface area contributed by atoms with Crippen LogP contribution in [0, 0.1) is 5.82 Å². The molecule has 0 bridgehead atoms. The fourth-order valence-corrected chi connectivity index (χ4v) is 2.24. The summed E-state index contributed by atoms with van der Waals surface area (Å²) in [5.74, 6) is -0.182. The van der Waals surface area contributed by atoms with Crippen molar-refractivity contribution in [3.8, 4) is 11.1 Å². The molecular weight excluding hydrogens is 247 g/mol. The van der Waals surface area contributed by atoms with Gasteiger partial charge in [-0.2, -0.15) is 0 Å². The zero-order valence-electron chi connectivity index (χ0n) is 10.8. The molecule has 0 aromatic heterocycles. The molecule has 2 aromatic rings. The van der Waals surface area contributed by atoms with Gasteiger partial charge < -0.3 is 0 Å². The lowest BCUT2D eigenvalue weighted by Gasteiger charge is -2.21. The Morgan fingerprint density at radius 1 is 0.889 bits per heavy atom. The summed E-state index contributed by atoms with van der Waals surface area (Å²) in [6.07, 6.45) is 0. The molecule has 94 valence electrons. The van der Waals surface area contributed by atoms with Gasteiger partial charge >= 0.3 is 0 Å². The molecule has 0 N–H and O–H groups in total. The summed E-state index contributed by atoms with van der Waals surface area (Å²) in [7, 11) is 0. The molecule has 0 unspecified atom stereocenters. The Kier molecular flexibility index (Phi) is 3.45. The van der Waals surface area contributed by atoms with Crippen molar-refractivity contribution < 1.29 is 4.39 Å². The number of hydrogen-bond acceptors (Lipinski definition) is 0. The molecule has 0 atom stereocenters. The predicted molar refractivity (Wildman–Crippen MR) is 75.5 cm³/mol. The van der Waals surface area contributed by atoms with Gasteiger partial charge in [0.25, 0.3) is 0 Å². The van der Waals surface area contributed by atoms with Crippen molar-refractivity contribution in [1.82, 2.24) is 0 Å². The van der Waals surface area contributed by atoms with Gasteiger partial charge in [0.1, 0.15) is 5.82 Å². The van der Waals surface area contributed by atoms with Crippen molar-refractivity contribution in [2.45, 2.75) is 26.2 Å². The SMILES string of the molecule is CC(C)(C)c1cccc(-c2ccccc2Cl)c1F. The van der Waals surface area contributed by atoms with Crippen molar-refractivity contribution in [3.63, 3.8) is 0 Å². The van der Waals surface area contributed by atoms with E-state index in [0.717, 1.165) is 5.56 Å². The molecule has 0 nitrogen and oxygen atoms in total. The minimum Gasteiger partial charge on any atom is -0.206 e. The monoisotopic (exact) mass is 262 g/mol. The summed E-state index contributed by atoms with van der Waals surface area (Å²) >= 11 is 6.13. The van der Waals surface area contributed by atoms with Crippen LogP contribution in [0.3, 0.4) is 0 Å². The van der Waals surface area contributed by atoms with E-state index in [-0.39, 0.29) is 11.2 Å². The third kappa shape index (κ3) is 2.41. The number of rotatable bonds is 1. The van der Waals surface area contributed by atoms with E-state index in [2.05, 4.69) is 0 Å². The topological polar surface area (TPSA) is 0 Å². The molecule has 0 spiro atoms. The maximum absolute atomic E-state index is 14.6. The molecule has 0 saturated heterocycles. The summed E-state index contributed by atoms with van der Waals surface area (Å²) in [4.78, 5) is 0. The molecule has 0 aliphatic carbocycles. The number of benzene rings is 2. The molecule has 0 amide bonds. The number of halogens is 2. The molecule has 0 saturated carbocycles. The maximum Gasteiger partial charge on any atom is 0.134 e. The molecular formula is C16H16ClF. The van der Waals surface area contributed by atoms with Crippen LogP contribution in [0.5, 0.6) is 0 Å². The zero-order valence-corrected chi connectivity index (χ0v) is 11.6. The zero-order chi connectivity index (χ0) is 13.3. The molecule has 0 aliphatic rings. The van der Waals surface area contributed by atoms with Gasteiger partial charge in [0.15, 0.2) is 0 Å². The predicted octanol–water partition coefficient (Wildman–Crippen LogP) is 5.44. The Hall–Kier alpha value is -1.34. The van der Waals surface area contributed by atoms with Crippen molar-refractivity contribution in [2.75, 3.05) is 0 Å². The van der Waals surface area contributed by atoms with E-state index in [1.807, 2.05) is 51.1 Å². The molecule has 0 aliphatic heterocycles. The van der Waals surface area contributed by atoms with Crippen molar-refractivity contribution in [2.24, 2.45) is 0 Å². The van der Waals surface area contributed by atoms with Gasteiger partial charge in [-0.15, -0.1) is 0 Å². The second kappa shape index (κ2) is 4.74. The van der Waals surface area contributed by atoms with Crippen molar-refractivity contribution in [1.29, 1.82) is 0 Å². The average molecular weight is 263 g/mol. The second-order valence-electron chi connectivity index (χ2n) is 5.40. The molecule has 0 radical (unpaired) electrons. The van der Waals surface area contributed by atoms with E-state index in [4.69, 9.17) is 11.6 Å². The lowest BCUT2D eigenvalue weighted by Crippen LogP contribution is -2.14. The summed E-state index contributed by atoms with van der Waals surface area (Å²) in [5, 5.41) is 0.572. The first-order chi connectivity index (χ1) is 8.41. The first-order valence-corrected chi connectivity index (χ1v) is 6.33. The van der Waals surface area contributed by atoms with Gasteiger partial charge in [-0.25, -0.2) is 4.39 Å². The highest BCUT2D eigenvalue weighted by Gasteiger charge is 2.21. The standard InChI is InChI=1S/C16H16ClF/c1-16(2,3)13-9-6-8-12(15(13)18)11-7-4-5-10-14(11)17/h4-10H,1-3H3. The van der Waals surface area contributed by atoms with Crippen molar-refractivity contribution >= 4 is 11.6 Å². The maximum atomic E-state index is 14.6. The summed E-state index contributed by atoms with van der Waals surface area (Å²) in [6, 6.07) is 12.8. The highest BCUT2D eigenvalue weighted by Crippen LogP contribution is 2.34. The van der Waals surface area contributed by atoms with Crippen LogP contribution in [-0.2, 0) is 5.41 Å². The first kappa shape index (κ1) is 13.1. The van der Waals surface area contributed by atoms with Crippen molar-refractivity contribution in [3.05, 3.63) is 58.9 Å². The average Bonchev–Trinajstić information content (AvgIpc) is 2.29. The number of hydrogen-bond donors (Lipinski definition) is 0.